The van der Waals surface area contributed by atoms with Crippen LogP contribution in [0.1, 0.15) is 27.2 Å². The van der Waals surface area contributed by atoms with Crippen molar-refractivity contribution in [1.29, 1.82) is 0 Å². The van der Waals surface area contributed by atoms with Crippen molar-refractivity contribution in [2.45, 2.75) is 32.7 Å². The molecule has 0 aliphatic rings. The standard InChI is InChI=1S/C9H13Cl2NO2/c1-9(2,3)12-8(14)5-6(13)4-7(10)11/h4H,5H2,1-3H3,(H,12,14). The van der Waals surface area contributed by atoms with Crippen molar-refractivity contribution in [2.75, 3.05) is 0 Å². The van der Waals surface area contributed by atoms with Crippen LogP contribution in [0.2, 0.25) is 0 Å². The van der Waals surface area contributed by atoms with Crippen molar-refractivity contribution in [3.63, 3.8) is 0 Å². The number of allylic oxidation sites excluding steroid dienone is 1. The summed E-state index contributed by atoms with van der Waals surface area (Å²) in [5, 5.41) is 2.65. The van der Waals surface area contributed by atoms with Crippen molar-refractivity contribution in [3.05, 3.63) is 10.6 Å². The lowest BCUT2D eigenvalue weighted by Gasteiger charge is -2.19. The molecule has 0 aromatic heterocycles. The smallest absolute Gasteiger partial charge is 0.228 e. The van der Waals surface area contributed by atoms with E-state index >= 15 is 0 Å². The van der Waals surface area contributed by atoms with Gasteiger partial charge < -0.3 is 5.32 Å². The summed E-state index contributed by atoms with van der Waals surface area (Å²) in [6.45, 7) is 5.50. The second-order valence-electron chi connectivity index (χ2n) is 3.88. The van der Waals surface area contributed by atoms with Gasteiger partial charge in [0.05, 0.1) is 6.42 Å². The van der Waals surface area contributed by atoms with Crippen LogP contribution in [-0.4, -0.2) is 17.2 Å². The van der Waals surface area contributed by atoms with Crippen LogP contribution in [0.3, 0.4) is 0 Å². The SMILES string of the molecule is CC(C)(C)NC(=O)CC(=O)C=C(Cl)Cl. The number of carbonyl (C=O) groups is 2. The van der Waals surface area contributed by atoms with Gasteiger partial charge in [-0.3, -0.25) is 9.59 Å². The third-order valence-electron chi connectivity index (χ3n) is 1.12. The van der Waals surface area contributed by atoms with Crippen LogP contribution in [0.15, 0.2) is 10.6 Å². The Bertz CT molecular complexity index is 262. The highest BCUT2D eigenvalue weighted by molar-refractivity contribution is 6.56. The number of amides is 1. The summed E-state index contributed by atoms with van der Waals surface area (Å²) in [6, 6.07) is 0. The third-order valence-corrected chi connectivity index (χ3v) is 1.34. The van der Waals surface area contributed by atoms with Crippen LogP contribution in [0.25, 0.3) is 0 Å². The lowest BCUT2D eigenvalue weighted by Crippen LogP contribution is -2.41. The summed E-state index contributed by atoms with van der Waals surface area (Å²) in [5.74, 6) is -0.750. The predicted molar refractivity (Wildman–Crippen MR) is 57.3 cm³/mol. The average molecular weight is 238 g/mol. The molecule has 0 atom stereocenters. The number of halogens is 2. The van der Waals surface area contributed by atoms with Crippen molar-refractivity contribution < 1.29 is 9.59 Å². The maximum absolute atomic E-state index is 11.2. The molecule has 14 heavy (non-hydrogen) atoms. The molecule has 3 nitrogen and oxygen atoms in total. The van der Waals surface area contributed by atoms with Crippen molar-refractivity contribution >= 4 is 34.9 Å². The second kappa shape index (κ2) is 5.37. The number of rotatable bonds is 3. The Morgan fingerprint density at radius 2 is 1.79 bits per heavy atom. The maximum Gasteiger partial charge on any atom is 0.228 e. The van der Waals surface area contributed by atoms with Crippen molar-refractivity contribution in [3.8, 4) is 0 Å². The van der Waals surface area contributed by atoms with Gasteiger partial charge in [0.2, 0.25) is 5.91 Å². The number of carbonyl (C=O) groups excluding carboxylic acids is 2. The lowest BCUT2D eigenvalue weighted by molar-refractivity contribution is -0.127. The minimum absolute atomic E-state index is 0.140. The van der Waals surface area contributed by atoms with E-state index in [0.717, 1.165) is 6.08 Å². The van der Waals surface area contributed by atoms with E-state index in [4.69, 9.17) is 23.2 Å². The molecule has 0 aliphatic carbocycles. The Balaban J connectivity index is 4.09. The molecule has 0 bridgehead atoms. The first-order valence-corrected chi connectivity index (χ1v) is 4.83. The Hall–Kier alpha value is -0.540. The molecule has 0 aromatic rings. The van der Waals surface area contributed by atoms with Gasteiger partial charge in [-0.15, -0.1) is 0 Å². The Morgan fingerprint density at radius 1 is 1.29 bits per heavy atom. The first-order chi connectivity index (χ1) is 6.20. The maximum atomic E-state index is 11.2. The minimum atomic E-state index is -0.410. The number of hydrogen-bond acceptors (Lipinski definition) is 2. The molecule has 0 aliphatic heterocycles. The van der Waals surface area contributed by atoms with Gasteiger partial charge in [-0.05, 0) is 20.8 Å². The van der Waals surface area contributed by atoms with Crippen LogP contribution in [-0.2, 0) is 9.59 Å². The minimum Gasteiger partial charge on any atom is -0.351 e. The summed E-state index contributed by atoms with van der Waals surface area (Å²) in [5.41, 5.74) is -0.341. The molecule has 0 saturated heterocycles. The van der Waals surface area contributed by atoms with E-state index < -0.39 is 5.78 Å². The second-order valence-corrected chi connectivity index (χ2v) is 4.88. The fourth-order valence-corrected chi connectivity index (χ4v) is 1.04. The molecule has 0 fully saturated rings. The molecule has 0 radical (unpaired) electrons. The van der Waals surface area contributed by atoms with Crippen LogP contribution < -0.4 is 5.32 Å². The summed E-state index contributed by atoms with van der Waals surface area (Å²) in [6.07, 6.45) is 0.783. The predicted octanol–water partition coefficient (Wildman–Crippen LogP) is 2.18. The zero-order chi connectivity index (χ0) is 11.4. The lowest BCUT2D eigenvalue weighted by atomic mass is 10.1. The summed E-state index contributed by atoms with van der Waals surface area (Å²) in [4.78, 5) is 22.2. The van der Waals surface area contributed by atoms with Crippen LogP contribution in [0.5, 0.6) is 0 Å². The van der Waals surface area contributed by atoms with Crippen LogP contribution >= 0.6 is 23.2 Å². The van der Waals surface area contributed by atoms with Gasteiger partial charge in [-0.1, -0.05) is 23.2 Å². The van der Waals surface area contributed by atoms with Gasteiger partial charge in [0.1, 0.15) is 4.49 Å². The molecule has 1 N–H and O–H groups in total. The fourth-order valence-electron chi connectivity index (χ4n) is 0.793. The molecular weight excluding hydrogens is 225 g/mol. The first-order valence-electron chi connectivity index (χ1n) is 4.07. The van der Waals surface area contributed by atoms with Crippen molar-refractivity contribution in [2.24, 2.45) is 0 Å². The monoisotopic (exact) mass is 237 g/mol. The largest absolute Gasteiger partial charge is 0.351 e. The van der Waals surface area contributed by atoms with E-state index in [-0.39, 0.29) is 22.4 Å². The summed E-state index contributed by atoms with van der Waals surface area (Å²) in [7, 11) is 0. The van der Waals surface area contributed by atoms with Crippen molar-refractivity contribution in [1.82, 2.24) is 5.32 Å². The molecule has 5 heteroatoms. The number of ketones is 1. The molecule has 0 aromatic carbocycles. The van der Waals surface area contributed by atoms with E-state index in [0.29, 0.717) is 0 Å². The molecule has 0 spiro atoms. The molecule has 80 valence electrons. The normalized spacial score (nSPS) is 10.6. The molecule has 1 amide bonds. The summed E-state index contributed by atoms with van der Waals surface area (Å²) < 4.78 is -0.140. The van der Waals surface area contributed by atoms with Gasteiger partial charge in [-0.25, -0.2) is 0 Å². The highest BCUT2D eigenvalue weighted by atomic mass is 35.5. The molecule has 0 saturated carbocycles. The van der Waals surface area contributed by atoms with E-state index in [9.17, 15) is 9.59 Å². The fraction of sp³-hybridized carbons (Fsp3) is 0.556. The van der Waals surface area contributed by atoms with E-state index in [1.807, 2.05) is 20.8 Å². The van der Waals surface area contributed by atoms with Crippen LogP contribution in [0, 0.1) is 0 Å². The topological polar surface area (TPSA) is 46.2 Å². The Labute approximate surface area is 93.4 Å². The molecule has 0 rings (SSSR count). The highest BCUT2D eigenvalue weighted by Crippen LogP contribution is 2.07. The Morgan fingerprint density at radius 3 is 2.14 bits per heavy atom. The molecule has 0 unspecified atom stereocenters. The zero-order valence-corrected chi connectivity index (χ0v) is 9.87. The summed E-state index contributed by atoms with van der Waals surface area (Å²) >= 11 is 10.5. The van der Waals surface area contributed by atoms with Gasteiger partial charge >= 0.3 is 0 Å². The van der Waals surface area contributed by atoms with E-state index in [1.165, 1.54) is 0 Å². The van der Waals surface area contributed by atoms with Gasteiger partial charge in [0.15, 0.2) is 5.78 Å². The molecule has 0 heterocycles. The highest BCUT2D eigenvalue weighted by Gasteiger charge is 2.15. The van der Waals surface area contributed by atoms with Gasteiger partial charge in [0, 0.05) is 11.6 Å². The third kappa shape index (κ3) is 8.08. The average Bonchev–Trinajstić information content (AvgIpc) is 1.77. The molecular formula is C9H13Cl2NO2. The van der Waals surface area contributed by atoms with E-state index in [1.54, 1.807) is 0 Å². The quantitative estimate of drug-likeness (QED) is 0.605. The first kappa shape index (κ1) is 13.5. The van der Waals surface area contributed by atoms with Gasteiger partial charge in [0.25, 0.3) is 0 Å². The number of nitrogens with one attached hydrogen (secondary N) is 1. The zero-order valence-electron chi connectivity index (χ0n) is 8.36. The van der Waals surface area contributed by atoms with E-state index in [2.05, 4.69) is 5.32 Å². The van der Waals surface area contributed by atoms with Gasteiger partial charge in [-0.2, -0.15) is 0 Å². The number of hydrogen-bond donors (Lipinski definition) is 1. The van der Waals surface area contributed by atoms with Crippen LogP contribution in [0.4, 0.5) is 0 Å². The Kier molecular flexibility index (Phi) is 5.16.